The summed E-state index contributed by atoms with van der Waals surface area (Å²) < 4.78 is 9.94. The molecule has 0 saturated carbocycles. The third-order valence-electron chi connectivity index (χ3n) is 3.13. The molecule has 7 nitrogen and oxygen atoms in total. The molecule has 25 heavy (non-hydrogen) atoms. The molecular formula is C17H14ClNO6. The van der Waals surface area contributed by atoms with Gasteiger partial charge in [0.25, 0.3) is 5.69 Å². The van der Waals surface area contributed by atoms with Crippen molar-refractivity contribution in [2.75, 3.05) is 6.61 Å². The molecule has 0 aliphatic carbocycles. The molecular weight excluding hydrogens is 350 g/mol. The SMILES string of the molecule is CCOC(=O)c1cc(C(=O)OCc2cccc(Cl)c2)cc([N+](=O)[O-])c1. The van der Waals surface area contributed by atoms with Crippen LogP contribution in [-0.4, -0.2) is 23.5 Å². The standard InChI is InChI=1S/C17H14ClNO6/c1-2-24-16(20)12-7-13(9-15(8-12)19(22)23)17(21)25-10-11-4-3-5-14(18)6-11/h3-9H,2,10H2,1H3. The lowest BCUT2D eigenvalue weighted by molar-refractivity contribution is -0.384. The van der Waals surface area contributed by atoms with Crippen LogP contribution in [0.15, 0.2) is 42.5 Å². The first kappa shape index (κ1) is 18.4. The molecule has 0 heterocycles. The highest BCUT2D eigenvalue weighted by atomic mass is 35.5. The summed E-state index contributed by atoms with van der Waals surface area (Å²) in [5.74, 6) is -1.55. The maximum atomic E-state index is 12.2. The number of nitro benzene ring substituents is 1. The molecule has 0 aliphatic rings. The third-order valence-corrected chi connectivity index (χ3v) is 3.37. The Hall–Kier alpha value is -2.93. The highest BCUT2D eigenvalue weighted by Crippen LogP contribution is 2.20. The van der Waals surface area contributed by atoms with Crippen LogP contribution in [0, 0.1) is 10.1 Å². The second kappa shape index (κ2) is 8.25. The van der Waals surface area contributed by atoms with Crippen LogP contribution in [0.1, 0.15) is 33.2 Å². The van der Waals surface area contributed by atoms with E-state index in [9.17, 15) is 19.7 Å². The van der Waals surface area contributed by atoms with Crippen molar-refractivity contribution < 1.29 is 24.0 Å². The molecule has 130 valence electrons. The fraction of sp³-hybridized carbons (Fsp3) is 0.176. The number of rotatable bonds is 6. The summed E-state index contributed by atoms with van der Waals surface area (Å²) >= 11 is 5.85. The molecule has 0 aliphatic heterocycles. The predicted octanol–water partition coefficient (Wildman–Crippen LogP) is 3.78. The maximum absolute atomic E-state index is 12.2. The number of nitro groups is 1. The number of ether oxygens (including phenoxy) is 2. The van der Waals surface area contributed by atoms with Crippen LogP contribution in [0.2, 0.25) is 5.02 Å². The Bertz CT molecular complexity index is 821. The van der Waals surface area contributed by atoms with E-state index >= 15 is 0 Å². The van der Waals surface area contributed by atoms with E-state index in [1.54, 1.807) is 31.2 Å². The molecule has 2 aromatic rings. The van der Waals surface area contributed by atoms with Crippen molar-refractivity contribution in [1.29, 1.82) is 0 Å². The molecule has 0 amide bonds. The second-order valence-electron chi connectivity index (χ2n) is 4.95. The smallest absolute Gasteiger partial charge is 0.338 e. The third kappa shape index (κ3) is 5.02. The van der Waals surface area contributed by atoms with E-state index in [0.717, 1.165) is 12.1 Å². The number of carbonyl (C=O) groups excluding carboxylic acids is 2. The second-order valence-corrected chi connectivity index (χ2v) is 5.39. The lowest BCUT2D eigenvalue weighted by Crippen LogP contribution is -2.10. The van der Waals surface area contributed by atoms with Crippen molar-refractivity contribution in [2.24, 2.45) is 0 Å². The van der Waals surface area contributed by atoms with Crippen LogP contribution in [0.25, 0.3) is 0 Å². The van der Waals surface area contributed by atoms with E-state index in [1.165, 1.54) is 6.07 Å². The molecule has 8 heteroatoms. The van der Waals surface area contributed by atoms with E-state index in [2.05, 4.69) is 0 Å². The number of hydrogen-bond donors (Lipinski definition) is 0. The molecule has 0 unspecified atom stereocenters. The van der Waals surface area contributed by atoms with E-state index in [0.29, 0.717) is 10.6 Å². The van der Waals surface area contributed by atoms with Gasteiger partial charge in [0.1, 0.15) is 6.61 Å². The summed E-state index contributed by atoms with van der Waals surface area (Å²) in [6, 6.07) is 10.0. The van der Waals surface area contributed by atoms with Gasteiger partial charge in [-0.25, -0.2) is 9.59 Å². The quantitative estimate of drug-likeness (QED) is 0.440. The Morgan fingerprint density at radius 1 is 1.08 bits per heavy atom. The molecule has 0 fully saturated rings. The van der Waals surface area contributed by atoms with Gasteiger partial charge in [-0.1, -0.05) is 23.7 Å². The van der Waals surface area contributed by atoms with E-state index in [4.69, 9.17) is 21.1 Å². The van der Waals surface area contributed by atoms with Gasteiger partial charge in [-0.05, 0) is 30.7 Å². The Morgan fingerprint density at radius 2 is 1.72 bits per heavy atom. The molecule has 0 saturated heterocycles. The number of halogens is 1. The molecule has 0 radical (unpaired) electrons. The predicted molar refractivity (Wildman–Crippen MR) is 89.6 cm³/mol. The summed E-state index contributed by atoms with van der Waals surface area (Å²) in [6.45, 7) is 1.66. The summed E-state index contributed by atoms with van der Waals surface area (Å²) in [7, 11) is 0. The maximum Gasteiger partial charge on any atom is 0.338 e. The van der Waals surface area contributed by atoms with Crippen molar-refractivity contribution in [2.45, 2.75) is 13.5 Å². The largest absolute Gasteiger partial charge is 0.462 e. The zero-order chi connectivity index (χ0) is 18.4. The Morgan fingerprint density at radius 3 is 2.28 bits per heavy atom. The zero-order valence-corrected chi connectivity index (χ0v) is 14.0. The van der Waals surface area contributed by atoms with Crippen LogP contribution >= 0.6 is 11.6 Å². The number of benzene rings is 2. The molecule has 0 bridgehead atoms. The van der Waals surface area contributed by atoms with Crippen molar-refractivity contribution in [3.05, 3.63) is 74.3 Å². The van der Waals surface area contributed by atoms with Gasteiger partial charge in [0.2, 0.25) is 0 Å². The van der Waals surface area contributed by atoms with Gasteiger partial charge in [-0.3, -0.25) is 10.1 Å². The molecule has 2 rings (SSSR count). The fourth-order valence-electron chi connectivity index (χ4n) is 2.03. The number of esters is 2. The Labute approximate surface area is 148 Å². The number of non-ortho nitro benzene ring substituents is 1. The summed E-state index contributed by atoms with van der Waals surface area (Å²) in [4.78, 5) is 34.3. The van der Waals surface area contributed by atoms with Gasteiger partial charge in [0.05, 0.1) is 22.7 Å². The fourth-order valence-corrected chi connectivity index (χ4v) is 2.24. The first-order valence-electron chi connectivity index (χ1n) is 7.29. The topological polar surface area (TPSA) is 95.7 Å². The van der Waals surface area contributed by atoms with Gasteiger partial charge < -0.3 is 9.47 Å². The minimum absolute atomic E-state index is 0.0587. The van der Waals surface area contributed by atoms with Crippen LogP contribution < -0.4 is 0 Å². The molecule has 0 N–H and O–H groups in total. The average molecular weight is 364 g/mol. The number of nitrogens with zero attached hydrogens (tertiary/aromatic N) is 1. The minimum atomic E-state index is -0.797. The molecule has 0 aromatic heterocycles. The zero-order valence-electron chi connectivity index (χ0n) is 13.2. The first-order chi connectivity index (χ1) is 11.9. The van der Waals surface area contributed by atoms with Crippen molar-refractivity contribution in [3.63, 3.8) is 0 Å². The Balaban J connectivity index is 2.22. The monoisotopic (exact) mass is 363 g/mol. The molecule has 2 aromatic carbocycles. The van der Waals surface area contributed by atoms with Crippen molar-refractivity contribution >= 4 is 29.2 Å². The lowest BCUT2D eigenvalue weighted by atomic mass is 10.1. The molecule has 0 spiro atoms. The van der Waals surface area contributed by atoms with Crippen LogP contribution in [0.5, 0.6) is 0 Å². The number of carbonyl (C=O) groups is 2. The Kier molecular flexibility index (Phi) is 6.08. The highest BCUT2D eigenvalue weighted by Gasteiger charge is 2.19. The van der Waals surface area contributed by atoms with Gasteiger partial charge in [0, 0.05) is 17.2 Å². The van der Waals surface area contributed by atoms with Crippen LogP contribution in [-0.2, 0) is 16.1 Å². The molecule has 0 atom stereocenters. The van der Waals surface area contributed by atoms with Gasteiger partial charge in [-0.15, -0.1) is 0 Å². The first-order valence-corrected chi connectivity index (χ1v) is 7.66. The highest BCUT2D eigenvalue weighted by molar-refractivity contribution is 6.30. The van der Waals surface area contributed by atoms with Gasteiger partial charge in [0.15, 0.2) is 0 Å². The number of hydrogen-bond acceptors (Lipinski definition) is 6. The van der Waals surface area contributed by atoms with Crippen molar-refractivity contribution in [3.8, 4) is 0 Å². The van der Waals surface area contributed by atoms with E-state index in [-0.39, 0.29) is 24.3 Å². The summed E-state index contributed by atoms with van der Waals surface area (Å²) in [5, 5.41) is 11.5. The minimum Gasteiger partial charge on any atom is -0.462 e. The van der Waals surface area contributed by atoms with Crippen LogP contribution in [0.3, 0.4) is 0 Å². The van der Waals surface area contributed by atoms with Crippen LogP contribution in [0.4, 0.5) is 5.69 Å². The van der Waals surface area contributed by atoms with E-state index < -0.39 is 22.5 Å². The lowest BCUT2D eigenvalue weighted by Gasteiger charge is -2.07. The normalized spacial score (nSPS) is 10.2. The van der Waals surface area contributed by atoms with Gasteiger partial charge in [-0.2, -0.15) is 0 Å². The average Bonchev–Trinajstić information content (AvgIpc) is 2.59. The van der Waals surface area contributed by atoms with Gasteiger partial charge >= 0.3 is 11.9 Å². The van der Waals surface area contributed by atoms with Crippen molar-refractivity contribution in [1.82, 2.24) is 0 Å². The summed E-state index contributed by atoms with van der Waals surface area (Å²) in [6.07, 6.45) is 0. The van der Waals surface area contributed by atoms with E-state index in [1.807, 2.05) is 0 Å². The summed E-state index contributed by atoms with van der Waals surface area (Å²) in [5.41, 5.74) is 0.0576.